The number of fused-ring (bicyclic) bond motifs is 1. The molecule has 1 aromatic carbocycles. The molecule has 3 aromatic rings. The van der Waals surface area contributed by atoms with Crippen molar-refractivity contribution in [2.45, 2.75) is 0 Å². The van der Waals surface area contributed by atoms with Crippen molar-refractivity contribution in [3.05, 3.63) is 64.5 Å². The van der Waals surface area contributed by atoms with Crippen LogP contribution in [0.5, 0.6) is 0 Å². The summed E-state index contributed by atoms with van der Waals surface area (Å²) < 4.78 is 0. The zero-order valence-corrected chi connectivity index (χ0v) is 13.8. The fourth-order valence-electron chi connectivity index (χ4n) is 2.08. The number of aromatic nitrogens is 1. The van der Waals surface area contributed by atoms with Crippen molar-refractivity contribution >= 4 is 40.0 Å². The molecule has 7 nitrogen and oxygen atoms in total. The number of rotatable bonds is 4. The maximum Gasteiger partial charge on any atom is 0.288 e. The minimum atomic E-state index is -0.543. The molecule has 2 heterocycles. The third kappa shape index (κ3) is 4.18. The number of carbonyl (C=O) groups excluding carboxylic acids is 3. The summed E-state index contributed by atoms with van der Waals surface area (Å²) >= 11 is 1.28. The second kappa shape index (κ2) is 7.54. The number of carbonyl (C=O) groups is 3. The number of nitrogens with zero attached hydrogens (tertiary/aromatic N) is 1. The van der Waals surface area contributed by atoms with Gasteiger partial charge in [-0.2, -0.15) is 0 Å². The van der Waals surface area contributed by atoms with Gasteiger partial charge in [0.1, 0.15) is 5.69 Å². The number of hydrogen-bond acceptors (Lipinski definition) is 5. The topological polar surface area (TPSA) is 100 Å². The first kappa shape index (κ1) is 16.6. The van der Waals surface area contributed by atoms with Crippen molar-refractivity contribution in [2.24, 2.45) is 0 Å². The highest BCUT2D eigenvalue weighted by atomic mass is 32.1. The summed E-state index contributed by atoms with van der Waals surface area (Å²) in [7, 11) is 0. The number of amides is 3. The molecule has 0 aliphatic carbocycles. The Labute approximate surface area is 147 Å². The van der Waals surface area contributed by atoms with E-state index in [4.69, 9.17) is 0 Å². The summed E-state index contributed by atoms with van der Waals surface area (Å²) in [5, 5.41) is 5.15. The standard InChI is InChI=1S/C17H14N4O3S/c22-15(10-18-17(24)14-6-3-9-25-14)20-21-16(23)13-8-7-11-4-1-2-5-12(11)19-13/h1-9H,10H2,(H,18,24)(H,20,22)(H,21,23). The molecule has 3 amide bonds. The van der Waals surface area contributed by atoms with Crippen LogP contribution in [0, 0.1) is 0 Å². The molecule has 0 spiro atoms. The molecule has 0 bridgehead atoms. The fraction of sp³-hybridized carbons (Fsp3) is 0.0588. The van der Waals surface area contributed by atoms with Crippen molar-refractivity contribution in [1.29, 1.82) is 0 Å². The molecule has 0 aliphatic heterocycles. The Balaban J connectivity index is 1.50. The minimum Gasteiger partial charge on any atom is -0.342 e. The third-order valence-corrected chi connectivity index (χ3v) is 4.17. The van der Waals surface area contributed by atoms with Gasteiger partial charge in [0.05, 0.1) is 16.9 Å². The molecule has 126 valence electrons. The van der Waals surface area contributed by atoms with E-state index in [1.165, 1.54) is 11.3 Å². The Kier molecular flexibility index (Phi) is 5.00. The molecule has 2 aromatic heterocycles. The first-order valence-electron chi connectivity index (χ1n) is 7.40. The van der Waals surface area contributed by atoms with E-state index in [1.807, 2.05) is 18.2 Å². The van der Waals surface area contributed by atoms with Crippen LogP contribution in [-0.2, 0) is 4.79 Å². The summed E-state index contributed by atoms with van der Waals surface area (Å²) in [6.45, 7) is -0.248. The van der Waals surface area contributed by atoms with Gasteiger partial charge in [-0.25, -0.2) is 4.98 Å². The smallest absolute Gasteiger partial charge is 0.288 e. The third-order valence-electron chi connectivity index (χ3n) is 3.30. The first-order chi connectivity index (χ1) is 12.1. The van der Waals surface area contributed by atoms with Crippen LogP contribution in [0.4, 0.5) is 0 Å². The zero-order chi connectivity index (χ0) is 17.6. The molecule has 3 N–H and O–H groups in total. The summed E-state index contributed by atoms with van der Waals surface area (Å²) in [6, 6.07) is 14.2. The maximum absolute atomic E-state index is 12.0. The van der Waals surface area contributed by atoms with Gasteiger partial charge in [0, 0.05) is 5.39 Å². The zero-order valence-electron chi connectivity index (χ0n) is 13.0. The minimum absolute atomic E-state index is 0.182. The largest absolute Gasteiger partial charge is 0.342 e. The van der Waals surface area contributed by atoms with Crippen molar-refractivity contribution < 1.29 is 14.4 Å². The average molecular weight is 354 g/mol. The van der Waals surface area contributed by atoms with E-state index in [0.29, 0.717) is 10.4 Å². The quantitative estimate of drug-likeness (QED) is 0.618. The highest BCUT2D eigenvalue weighted by Crippen LogP contribution is 2.11. The van der Waals surface area contributed by atoms with Crippen LogP contribution in [0.1, 0.15) is 20.2 Å². The number of hydrazine groups is 1. The number of nitrogens with one attached hydrogen (secondary N) is 3. The Morgan fingerprint density at radius 1 is 0.920 bits per heavy atom. The van der Waals surface area contributed by atoms with Gasteiger partial charge in [-0.1, -0.05) is 30.3 Å². The maximum atomic E-state index is 12.0. The monoisotopic (exact) mass is 354 g/mol. The Bertz CT molecular complexity index is 925. The molecule has 0 saturated heterocycles. The first-order valence-corrected chi connectivity index (χ1v) is 8.28. The van der Waals surface area contributed by atoms with E-state index in [1.54, 1.807) is 35.7 Å². The lowest BCUT2D eigenvalue weighted by atomic mass is 10.2. The van der Waals surface area contributed by atoms with Crippen LogP contribution in [0.2, 0.25) is 0 Å². The predicted octanol–water partition coefficient (Wildman–Crippen LogP) is 1.49. The van der Waals surface area contributed by atoms with Gasteiger partial charge in [-0.3, -0.25) is 25.2 Å². The van der Waals surface area contributed by atoms with Gasteiger partial charge >= 0.3 is 0 Å². The molecule has 0 unspecified atom stereocenters. The van der Waals surface area contributed by atoms with Crippen LogP contribution in [0.25, 0.3) is 10.9 Å². The molecule has 25 heavy (non-hydrogen) atoms. The van der Waals surface area contributed by atoms with Gasteiger partial charge in [-0.05, 0) is 23.6 Å². The highest BCUT2D eigenvalue weighted by Gasteiger charge is 2.11. The lowest BCUT2D eigenvalue weighted by molar-refractivity contribution is -0.120. The summed E-state index contributed by atoms with van der Waals surface area (Å²) in [6.07, 6.45) is 0. The van der Waals surface area contributed by atoms with Gasteiger partial charge in [0.15, 0.2) is 0 Å². The van der Waals surface area contributed by atoms with Crippen LogP contribution < -0.4 is 16.2 Å². The molecule has 8 heteroatoms. The van der Waals surface area contributed by atoms with Crippen molar-refractivity contribution in [3.63, 3.8) is 0 Å². The van der Waals surface area contributed by atoms with Crippen molar-refractivity contribution in [1.82, 2.24) is 21.2 Å². The number of benzene rings is 1. The Morgan fingerprint density at radius 2 is 1.76 bits per heavy atom. The van der Waals surface area contributed by atoms with E-state index in [2.05, 4.69) is 21.2 Å². The van der Waals surface area contributed by atoms with Crippen LogP contribution in [0.15, 0.2) is 53.9 Å². The van der Waals surface area contributed by atoms with Gasteiger partial charge < -0.3 is 5.32 Å². The van der Waals surface area contributed by atoms with Crippen LogP contribution in [0.3, 0.4) is 0 Å². The summed E-state index contributed by atoms with van der Waals surface area (Å²) in [5.41, 5.74) is 5.38. The Hall–Kier alpha value is -3.26. The molecule has 3 rings (SSSR count). The van der Waals surface area contributed by atoms with Crippen molar-refractivity contribution in [2.75, 3.05) is 6.54 Å². The van der Waals surface area contributed by atoms with E-state index in [-0.39, 0.29) is 18.1 Å². The highest BCUT2D eigenvalue weighted by molar-refractivity contribution is 7.12. The lowest BCUT2D eigenvalue weighted by Crippen LogP contribution is -2.46. The van der Waals surface area contributed by atoms with E-state index in [9.17, 15) is 14.4 Å². The van der Waals surface area contributed by atoms with Gasteiger partial charge in [0.2, 0.25) is 0 Å². The van der Waals surface area contributed by atoms with Gasteiger partial charge in [0.25, 0.3) is 17.7 Å². The summed E-state index contributed by atoms with van der Waals surface area (Å²) in [5.74, 6) is -1.42. The molecule has 0 aliphatic rings. The molecule has 0 radical (unpaired) electrons. The van der Waals surface area contributed by atoms with E-state index in [0.717, 1.165) is 5.39 Å². The number of thiophene rings is 1. The normalized spacial score (nSPS) is 10.2. The predicted molar refractivity (Wildman–Crippen MR) is 94.0 cm³/mol. The van der Waals surface area contributed by atoms with Gasteiger partial charge in [-0.15, -0.1) is 11.3 Å². The number of pyridine rings is 1. The molecule has 0 atom stereocenters. The fourth-order valence-corrected chi connectivity index (χ4v) is 2.72. The second-order valence-electron chi connectivity index (χ2n) is 5.05. The van der Waals surface area contributed by atoms with Crippen LogP contribution in [-0.4, -0.2) is 29.3 Å². The van der Waals surface area contributed by atoms with E-state index >= 15 is 0 Å². The Morgan fingerprint density at radius 3 is 2.56 bits per heavy atom. The SMILES string of the molecule is O=C(CNC(=O)c1cccs1)NNC(=O)c1ccc2ccccc2n1. The van der Waals surface area contributed by atoms with Crippen molar-refractivity contribution in [3.8, 4) is 0 Å². The second-order valence-corrected chi connectivity index (χ2v) is 6.00. The number of hydrogen-bond donors (Lipinski definition) is 3. The molecular weight excluding hydrogens is 340 g/mol. The molecular formula is C17H14N4O3S. The average Bonchev–Trinajstić information content (AvgIpc) is 3.18. The summed E-state index contributed by atoms with van der Waals surface area (Å²) in [4.78, 5) is 40.2. The molecule has 0 fully saturated rings. The van der Waals surface area contributed by atoms with Crippen LogP contribution >= 0.6 is 11.3 Å². The molecule has 0 saturated carbocycles. The van der Waals surface area contributed by atoms with E-state index < -0.39 is 11.8 Å². The number of para-hydroxylation sites is 1. The lowest BCUT2D eigenvalue weighted by Gasteiger charge is -2.08.